The van der Waals surface area contributed by atoms with Crippen molar-refractivity contribution in [3.05, 3.63) is 46.8 Å². The number of methoxy groups -OCH3 is 1. The Balaban J connectivity index is 2.35. The lowest BCUT2D eigenvalue weighted by Crippen LogP contribution is -2.05. The molecule has 0 bridgehead atoms. The number of hydrogen-bond acceptors (Lipinski definition) is 3. The zero-order valence-electron chi connectivity index (χ0n) is 12.8. The molecule has 1 heterocycles. The molecule has 0 unspecified atom stereocenters. The minimum Gasteiger partial charge on any atom is -0.497 e. The van der Waals surface area contributed by atoms with E-state index in [0.717, 1.165) is 11.3 Å². The van der Waals surface area contributed by atoms with E-state index in [2.05, 4.69) is 5.10 Å². The third-order valence-corrected chi connectivity index (χ3v) is 3.49. The molecule has 0 amide bonds. The van der Waals surface area contributed by atoms with Crippen LogP contribution in [-0.2, 0) is 6.54 Å². The zero-order valence-corrected chi connectivity index (χ0v) is 12.8. The summed E-state index contributed by atoms with van der Waals surface area (Å²) in [7, 11) is 1.63. The number of carboxylic acids is 1. The van der Waals surface area contributed by atoms with Crippen LogP contribution in [0.3, 0.4) is 0 Å². The van der Waals surface area contributed by atoms with Crippen LogP contribution < -0.4 is 4.74 Å². The van der Waals surface area contributed by atoms with Crippen LogP contribution in [0.4, 0.5) is 0 Å². The highest BCUT2D eigenvalue weighted by Crippen LogP contribution is 2.22. The summed E-state index contributed by atoms with van der Waals surface area (Å²) in [5, 5.41) is 13.8. The first-order valence-electron chi connectivity index (χ1n) is 6.87. The van der Waals surface area contributed by atoms with Gasteiger partial charge in [-0.05, 0) is 30.5 Å². The predicted octanol–water partition coefficient (Wildman–Crippen LogP) is 3.07. The smallest absolute Gasteiger partial charge is 0.339 e. The normalized spacial score (nSPS) is 10.9. The Bertz CT molecular complexity index is 642. The van der Waals surface area contributed by atoms with Gasteiger partial charge in [0, 0.05) is 0 Å². The Morgan fingerprint density at radius 2 is 1.95 bits per heavy atom. The molecule has 0 radical (unpaired) electrons. The van der Waals surface area contributed by atoms with Crippen LogP contribution in [0, 0.1) is 6.92 Å². The second kappa shape index (κ2) is 5.99. The third kappa shape index (κ3) is 3.07. The minimum atomic E-state index is -0.919. The van der Waals surface area contributed by atoms with Crippen molar-refractivity contribution in [2.75, 3.05) is 7.11 Å². The van der Waals surface area contributed by atoms with E-state index in [4.69, 9.17) is 4.74 Å². The lowest BCUT2D eigenvalue weighted by Gasteiger charge is -2.06. The van der Waals surface area contributed by atoms with E-state index < -0.39 is 5.97 Å². The highest BCUT2D eigenvalue weighted by atomic mass is 16.5. The van der Waals surface area contributed by atoms with Gasteiger partial charge in [-0.15, -0.1) is 0 Å². The number of carbonyl (C=O) groups is 1. The number of nitrogens with zero attached hydrogens (tertiary/aromatic N) is 2. The predicted molar refractivity (Wildman–Crippen MR) is 80.1 cm³/mol. The van der Waals surface area contributed by atoms with Gasteiger partial charge in [0.05, 0.1) is 25.0 Å². The molecule has 2 rings (SSSR count). The maximum absolute atomic E-state index is 11.4. The first kappa shape index (κ1) is 15.1. The number of benzene rings is 1. The fourth-order valence-corrected chi connectivity index (χ4v) is 2.30. The number of hydrogen-bond donors (Lipinski definition) is 1. The number of ether oxygens (including phenoxy) is 1. The molecule has 0 aliphatic rings. The fraction of sp³-hybridized carbons (Fsp3) is 0.375. The average Bonchev–Trinajstić information content (AvgIpc) is 2.77. The molecular formula is C16H20N2O3. The number of carboxylic acid groups (broad SMARTS) is 1. The maximum atomic E-state index is 11.4. The van der Waals surface area contributed by atoms with E-state index in [1.165, 1.54) is 0 Å². The Kier molecular flexibility index (Phi) is 4.31. The Labute approximate surface area is 124 Å². The molecule has 2 aromatic rings. The number of rotatable bonds is 5. The second-order valence-corrected chi connectivity index (χ2v) is 5.31. The molecule has 0 aliphatic heterocycles. The minimum absolute atomic E-state index is 0.0758. The van der Waals surface area contributed by atoms with Crippen molar-refractivity contribution in [2.45, 2.75) is 33.2 Å². The molecule has 112 valence electrons. The van der Waals surface area contributed by atoms with Gasteiger partial charge in [-0.2, -0.15) is 5.10 Å². The Hall–Kier alpha value is -2.30. The van der Waals surface area contributed by atoms with E-state index in [0.29, 0.717) is 23.5 Å². The van der Waals surface area contributed by atoms with Gasteiger partial charge in [0.25, 0.3) is 0 Å². The summed E-state index contributed by atoms with van der Waals surface area (Å²) in [6, 6.07) is 7.68. The standard InChI is InChI=1S/C16H20N2O3/c1-10(2)15-14(16(19)20)11(3)18(17-15)9-12-5-7-13(21-4)8-6-12/h5-8,10H,9H2,1-4H3,(H,19,20). The van der Waals surface area contributed by atoms with Gasteiger partial charge in [-0.25, -0.2) is 4.79 Å². The van der Waals surface area contributed by atoms with Crippen molar-refractivity contribution in [3.63, 3.8) is 0 Å². The highest BCUT2D eigenvalue weighted by molar-refractivity contribution is 5.90. The summed E-state index contributed by atoms with van der Waals surface area (Å²) in [5.74, 6) is -0.0471. The molecule has 1 N–H and O–H groups in total. The summed E-state index contributed by atoms with van der Waals surface area (Å²) in [6.07, 6.45) is 0. The summed E-state index contributed by atoms with van der Waals surface area (Å²) in [6.45, 7) is 6.24. The van der Waals surface area contributed by atoms with Crippen LogP contribution in [0.2, 0.25) is 0 Å². The quantitative estimate of drug-likeness (QED) is 0.918. The number of aromatic nitrogens is 2. The first-order chi connectivity index (χ1) is 9.93. The van der Waals surface area contributed by atoms with Crippen LogP contribution in [0.25, 0.3) is 0 Å². The van der Waals surface area contributed by atoms with Gasteiger partial charge < -0.3 is 9.84 Å². The topological polar surface area (TPSA) is 64.4 Å². The molecule has 0 aliphatic carbocycles. The van der Waals surface area contributed by atoms with Crippen molar-refractivity contribution in [1.82, 2.24) is 9.78 Å². The van der Waals surface area contributed by atoms with Crippen LogP contribution in [-0.4, -0.2) is 28.0 Å². The van der Waals surface area contributed by atoms with Gasteiger partial charge in [0.15, 0.2) is 0 Å². The Morgan fingerprint density at radius 1 is 1.33 bits per heavy atom. The molecule has 5 nitrogen and oxygen atoms in total. The lowest BCUT2D eigenvalue weighted by molar-refractivity contribution is 0.0694. The molecule has 0 saturated heterocycles. The molecule has 5 heteroatoms. The molecule has 1 aromatic heterocycles. The summed E-state index contributed by atoms with van der Waals surface area (Å²) in [5.41, 5.74) is 2.68. The van der Waals surface area contributed by atoms with Crippen molar-refractivity contribution < 1.29 is 14.6 Å². The fourth-order valence-electron chi connectivity index (χ4n) is 2.30. The first-order valence-corrected chi connectivity index (χ1v) is 6.87. The average molecular weight is 288 g/mol. The summed E-state index contributed by atoms with van der Waals surface area (Å²) >= 11 is 0. The van der Waals surface area contributed by atoms with Gasteiger partial charge in [-0.1, -0.05) is 26.0 Å². The molecule has 0 fully saturated rings. The van der Waals surface area contributed by atoms with E-state index in [1.807, 2.05) is 38.1 Å². The maximum Gasteiger partial charge on any atom is 0.339 e. The molecular weight excluding hydrogens is 268 g/mol. The van der Waals surface area contributed by atoms with Gasteiger partial charge in [0.1, 0.15) is 11.3 Å². The van der Waals surface area contributed by atoms with E-state index in [1.54, 1.807) is 18.7 Å². The van der Waals surface area contributed by atoms with Gasteiger partial charge >= 0.3 is 5.97 Å². The lowest BCUT2D eigenvalue weighted by atomic mass is 10.0. The molecule has 0 saturated carbocycles. The monoisotopic (exact) mass is 288 g/mol. The number of aromatic carboxylic acids is 1. The summed E-state index contributed by atoms with van der Waals surface area (Å²) in [4.78, 5) is 11.4. The van der Waals surface area contributed by atoms with E-state index in [9.17, 15) is 9.90 Å². The van der Waals surface area contributed by atoms with Crippen molar-refractivity contribution in [3.8, 4) is 5.75 Å². The van der Waals surface area contributed by atoms with Crippen LogP contribution in [0.1, 0.15) is 47.1 Å². The molecule has 0 atom stereocenters. The van der Waals surface area contributed by atoms with E-state index >= 15 is 0 Å². The SMILES string of the molecule is COc1ccc(Cn2nc(C(C)C)c(C(=O)O)c2C)cc1. The van der Waals surface area contributed by atoms with Crippen molar-refractivity contribution in [2.24, 2.45) is 0 Å². The highest BCUT2D eigenvalue weighted by Gasteiger charge is 2.22. The molecule has 1 aromatic carbocycles. The van der Waals surface area contributed by atoms with Crippen LogP contribution >= 0.6 is 0 Å². The van der Waals surface area contributed by atoms with Gasteiger partial charge in [-0.3, -0.25) is 4.68 Å². The van der Waals surface area contributed by atoms with Crippen LogP contribution in [0.5, 0.6) is 5.75 Å². The zero-order chi connectivity index (χ0) is 15.6. The van der Waals surface area contributed by atoms with Crippen molar-refractivity contribution >= 4 is 5.97 Å². The van der Waals surface area contributed by atoms with Crippen molar-refractivity contribution in [1.29, 1.82) is 0 Å². The van der Waals surface area contributed by atoms with E-state index in [-0.39, 0.29) is 5.92 Å². The molecule has 21 heavy (non-hydrogen) atoms. The third-order valence-electron chi connectivity index (χ3n) is 3.49. The largest absolute Gasteiger partial charge is 0.497 e. The summed E-state index contributed by atoms with van der Waals surface area (Å²) < 4.78 is 6.88. The second-order valence-electron chi connectivity index (χ2n) is 5.31. The van der Waals surface area contributed by atoms with Crippen LogP contribution in [0.15, 0.2) is 24.3 Å². The Morgan fingerprint density at radius 3 is 2.38 bits per heavy atom. The molecule has 0 spiro atoms. The van der Waals surface area contributed by atoms with Gasteiger partial charge in [0.2, 0.25) is 0 Å².